The van der Waals surface area contributed by atoms with Crippen LogP contribution in [0.4, 0.5) is 9.18 Å². The van der Waals surface area contributed by atoms with Gasteiger partial charge in [0.2, 0.25) is 0 Å². The molecule has 1 amide bonds. The molecule has 7 atom stereocenters. The van der Waals surface area contributed by atoms with E-state index < -0.39 is 0 Å². The number of fused-ring (bicyclic) bond motifs is 2. The molecule has 0 unspecified atom stereocenters. The van der Waals surface area contributed by atoms with Gasteiger partial charge in [-0.1, -0.05) is 24.3 Å². The number of carbonyl (C=O) groups is 2. The Morgan fingerprint density at radius 1 is 1.22 bits per heavy atom. The van der Waals surface area contributed by atoms with Crippen LogP contribution in [0.1, 0.15) is 45.2 Å². The number of rotatable bonds is 5. The number of nitrogens with one attached hydrogen (secondary N) is 1. The number of amides is 1. The minimum Gasteiger partial charge on any atom is -0.462 e. The number of pyridine rings is 1. The SMILES string of the molecule is CCOC(=O)N[C@@H]1CC[C@H]2[C@@H](C1)C[C@H]1C(=O)O[C@@H](C)[C@@H]1[C@H]2C=Cc1ccc(-c2cccc(F)c2)cn1. The molecule has 1 aromatic heterocycles. The molecule has 7 heteroatoms. The van der Waals surface area contributed by atoms with Crippen LogP contribution >= 0.6 is 0 Å². The Kier molecular flexibility index (Phi) is 7.08. The number of alkyl carbamates (subject to hydrolysis) is 1. The second-order valence-corrected chi connectivity index (χ2v) is 10.3. The average Bonchev–Trinajstić information content (AvgIpc) is 3.15. The zero-order valence-electron chi connectivity index (χ0n) is 20.7. The maximum Gasteiger partial charge on any atom is 0.407 e. The third-order valence-electron chi connectivity index (χ3n) is 8.18. The molecule has 0 radical (unpaired) electrons. The monoisotopic (exact) mass is 492 g/mol. The van der Waals surface area contributed by atoms with Gasteiger partial charge in [-0.25, -0.2) is 9.18 Å². The molecule has 36 heavy (non-hydrogen) atoms. The van der Waals surface area contributed by atoms with E-state index in [4.69, 9.17) is 9.47 Å². The number of cyclic esters (lactones) is 1. The standard InChI is InChI=1S/C29H33FN2O4/c1-3-35-29(34)32-23-10-11-24-20(14-23)15-26-27(17(2)36-28(26)33)25(24)12-9-22-8-7-19(16-31-22)18-5-4-6-21(30)13-18/h4-9,12-13,16-17,20,23-27H,3,10-11,14-15H2,1-2H3,(H,32,34)/t17-,20-,23+,24-,25-,26+,27+/m0/s1. The number of carbonyl (C=O) groups excluding carboxylic acids is 2. The van der Waals surface area contributed by atoms with Crippen LogP contribution < -0.4 is 5.32 Å². The molecule has 3 aliphatic rings. The molecule has 190 valence electrons. The number of hydrogen-bond acceptors (Lipinski definition) is 5. The van der Waals surface area contributed by atoms with E-state index in [2.05, 4.69) is 16.4 Å². The maximum absolute atomic E-state index is 13.6. The van der Waals surface area contributed by atoms with Crippen LogP contribution in [0.5, 0.6) is 0 Å². The lowest BCUT2D eigenvalue weighted by atomic mass is 9.57. The van der Waals surface area contributed by atoms with Crippen molar-refractivity contribution in [1.82, 2.24) is 10.3 Å². The first-order chi connectivity index (χ1) is 17.4. The van der Waals surface area contributed by atoms with Gasteiger partial charge in [0.15, 0.2) is 0 Å². The summed E-state index contributed by atoms with van der Waals surface area (Å²) in [5.41, 5.74) is 2.48. The number of hydrogen-bond donors (Lipinski definition) is 1. The normalized spacial score (nSPS) is 31.4. The lowest BCUT2D eigenvalue weighted by Gasteiger charge is -2.47. The van der Waals surface area contributed by atoms with Crippen molar-refractivity contribution in [3.8, 4) is 11.1 Å². The molecule has 0 bridgehead atoms. The van der Waals surface area contributed by atoms with Gasteiger partial charge in [-0.05, 0) is 87.1 Å². The molecule has 5 rings (SSSR count). The van der Waals surface area contributed by atoms with Crippen molar-refractivity contribution in [2.75, 3.05) is 6.61 Å². The summed E-state index contributed by atoms with van der Waals surface area (Å²) in [6, 6.07) is 10.4. The molecular formula is C29H33FN2O4. The Hall–Kier alpha value is -3.22. The van der Waals surface area contributed by atoms with Crippen molar-refractivity contribution >= 4 is 18.1 Å². The van der Waals surface area contributed by atoms with Crippen LogP contribution in [0.15, 0.2) is 48.7 Å². The number of benzene rings is 1. The molecule has 1 aromatic carbocycles. The smallest absolute Gasteiger partial charge is 0.407 e. The second-order valence-electron chi connectivity index (χ2n) is 10.3. The lowest BCUT2D eigenvalue weighted by molar-refractivity contribution is -0.144. The van der Waals surface area contributed by atoms with E-state index in [0.29, 0.717) is 18.4 Å². The van der Waals surface area contributed by atoms with Crippen molar-refractivity contribution in [2.45, 2.75) is 51.7 Å². The number of esters is 1. The minimum absolute atomic E-state index is 0.0679. The molecule has 2 heterocycles. The van der Waals surface area contributed by atoms with Gasteiger partial charge in [0.25, 0.3) is 0 Å². The fourth-order valence-electron chi connectivity index (χ4n) is 6.64. The molecule has 0 spiro atoms. The summed E-state index contributed by atoms with van der Waals surface area (Å²) in [6.07, 6.45) is 9.07. The summed E-state index contributed by atoms with van der Waals surface area (Å²) < 4.78 is 24.3. The van der Waals surface area contributed by atoms with Gasteiger partial charge in [-0.15, -0.1) is 0 Å². The number of halogens is 1. The zero-order chi connectivity index (χ0) is 25.2. The summed E-state index contributed by atoms with van der Waals surface area (Å²) in [4.78, 5) is 29.2. The molecule has 1 N–H and O–H groups in total. The molecule has 2 aliphatic carbocycles. The highest BCUT2D eigenvalue weighted by Gasteiger charge is 2.54. The summed E-state index contributed by atoms with van der Waals surface area (Å²) in [7, 11) is 0. The number of nitrogens with zero attached hydrogens (tertiary/aromatic N) is 1. The minimum atomic E-state index is -0.368. The Morgan fingerprint density at radius 3 is 2.83 bits per heavy atom. The highest BCUT2D eigenvalue weighted by molar-refractivity contribution is 5.75. The lowest BCUT2D eigenvalue weighted by Crippen LogP contribution is -2.48. The number of ether oxygens (including phenoxy) is 2. The Bertz CT molecular complexity index is 1130. The van der Waals surface area contributed by atoms with Crippen molar-refractivity contribution in [2.24, 2.45) is 29.6 Å². The Balaban J connectivity index is 1.34. The van der Waals surface area contributed by atoms with Gasteiger partial charge in [0.1, 0.15) is 11.9 Å². The Morgan fingerprint density at radius 2 is 2.08 bits per heavy atom. The molecule has 1 saturated heterocycles. The van der Waals surface area contributed by atoms with E-state index in [9.17, 15) is 14.0 Å². The molecular weight excluding hydrogens is 459 g/mol. The first-order valence-corrected chi connectivity index (χ1v) is 13.0. The summed E-state index contributed by atoms with van der Waals surface area (Å²) in [5, 5.41) is 3.00. The maximum atomic E-state index is 13.6. The van der Waals surface area contributed by atoms with Gasteiger partial charge >= 0.3 is 12.1 Å². The largest absolute Gasteiger partial charge is 0.462 e. The van der Waals surface area contributed by atoms with Crippen LogP contribution in [0.3, 0.4) is 0 Å². The van der Waals surface area contributed by atoms with Crippen LogP contribution in [0, 0.1) is 35.4 Å². The van der Waals surface area contributed by atoms with Crippen LogP contribution in [0.2, 0.25) is 0 Å². The number of aromatic nitrogens is 1. The Labute approximate surface area is 211 Å². The van der Waals surface area contributed by atoms with E-state index in [1.165, 1.54) is 12.1 Å². The predicted octanol–water partition coefficient (Wildman–Crippen LogP) is 5.63. The first kappa shape index (κ1) is 24.5. The van der Waals surface area contributed by atoms with Crippen LogP contribution in [0.25, 0.3) is 17.2 Å². The zero-order valence-corrected chi connectivity index (χ0v) is 20.7. The fraction of sp³-hybridized carbons (Fsp3) is 0.483. The van der Waals surface area contributed by atoms with Crippen molar-refractivity contribution in [3.05, 3.63) is 60.2 Å². The van der Waals surface area contributed by atoms with Gasteiger partial charge in [0.05, 0.1) is 18.2 Å². The summed E-state index contributed by atoms with van der Waals surface area (Å²) >= 11 is 0. The van der Waals surface area contributed by atoms with E-state index in [-0.39, 0.29) is 47.8 Å². The molecule has 2 saturated carbocycles. The summed E-state index contributed by atoms with van der Waals surface area (Å²) in [6.45, 7) is 4.15. The third-order valence-corrected chi connectivity index (χ3v) is 8.18. The van der Waals surface area contributed by atoms with E-state index >= 15 is 0 Å². The fourth-order valence-corrected chi connectivity index (χ4v) is 6.64. The van der Waals surface area contributed by atoms with E-state index in [1.54, 1.807) is 19.2 Å². The molecule has 6 nitrogen and oxygen atoms in total. The molecule has 1 aliphatic heterocycles. The van der Waals surface area contributed by atoms with E-state index in [0.717, 1.165) is 42.5 Å². The second kappa shape index (κ2) is 10.4. The van der Waals surface area contributed by atoms with Gasteiger partial charge in [0, 0.05) is 23.7 Å². The average molecular weight is 493 g/mol. The highest BCUT2D eigenvalue weighted by atomic mass is 19.1. The topological polar surface area (TPSA) is 77.5 Å². The number of allylic oxidation sites excluding steroid dienone is 1. The van der Waals surface area contributed by atoms with Crippen molar-refractivity contribution in [1.29, 1.82) is 0 Å². The van der Waals surface area contributed by atoms with Gasteiger partial charge in [-0.2, -0.15) is 0 Å². The quantitative estimate of drug-likeness (QED) is 0.548. The molecule has 2 aromatic rings. The van der Waals surface area contributed by atoms with Crippen LogP contribution in [-0.2, 0) is 14.3 Å². The van der Waals surface area contributed by atoms with Crippen molar-refractivity contribution in [3.63, 3.8) is 0 Å². The predicted molar refractivity (Wildman–Crippen MR) is 134 cm³/mol. The van der Waals surface area contributed by atoms with Crippen LogP contribution in [-0.4, -0.2) is 35.8 Å². The van der Waals surface area contributed by atoms with E-state index in [1.807, 2.05) is 31.2 Å². The molecule has 3 fully saturated rings. The highest BCUT2D eigenvalue weighted by Crippen LogP contribution is 2.53. The third kappa shape index (κ3) is 5.01. The first-order valence-electron chi connectivity index (χ1n) is 13.0. The summed E-state index contributed by atoms with van der Waals surface area (Å²) in [5.74, 6) is 0.629. The van der Waals surface area contributed by atoms with Gasteiger partial charge < -0.3 is 14.8 Å². The van der Waals surface area contributed by atoms with Crippen molar-refractivity contribution < 1.29 is 23.5 Å². The van der Waals surface area contributed by atoms with Gasteiger partial charge in [-0.3, -0.25) is 9.78 Å².